The van der Waals surface area contributed by atoms with Gasteiger partial charge in [0.05, 0.1) is 11.7 Å². The van der Waals surface area contributed by atoms with Crippen LogP contribution in [0.2, 0.25) is 0 Å². The molecule has 0 fully saturated rings. The van der Waals surface area contributed by atoms with E-state index in [1.807, 2.05) is 68.4 Å². The molecule has 1 atom stereocenters. The molecule has 2 heterocycles. The normalized spacial score (nSPS) is 12.1. The van der Waals surface area contributed by atoms with Crippen LogP contribution in [0.4, 0.5) is 0 Å². The molecule has 0 bridgehead atoms. The van der Waals surface area contributed by atoms with Crippen LogP contribution in [0.3, 0.4) is 0 Å². The maximum atomic E-state index is 13.3. The van der Waals surface area contributed by atoms with Crippen LogP contribution >= 0.6 is 11.3 Å². The minimum Gasteiger partial charge on any atom is -0.459 e. The summed E-state index contributed by atoms with van der Waals surface area (Å²) in [5.41, 5.74) is 3.67. The second-order valence-electron chi connectivity index (χ2n) is 7.31. The third-order valence-corrected chi connectivity index (χ3v) is 6.15. The maximum absolute atomic E-state index is 13.3. The molecule has 0 amide bonds. The molecule has 0 unspecified atom stereocenters. The van der Waals surface area contributed by atoms with E-state index in [0.29, 0.717) is 10.2 Å². The molecule has 5 nitrogen and oxygen atoms in total. The number of carbonyl (C=O) groups excluding carboxylic acids is 1. The van der Waals surface area contributed by atoms with Gasteiger partial charge in [-0.2, -0.15) is 0 Å². The number of esters is 1. The van der Waals surface area contributed by atoms with Crippen molar-refractivity contribution in [3.8, 4) is 11.1 Å². The van der Waals surface area contributed by atoms with Gasteiger partial charge in [0.2, 0.25) is 0 Å². The fraction of sp³-hybridized carbons (Fsp3) is 0.208. The first-order chi connectivity index (χ1) is 14.5. The average Bonchev–Trinajstić information content (AvgIpc) is 3.10. The van der Waals surface area contributed by atoms with E-state index < -0.39 is 12.0 Å². The van der Waals surface area contributed by atoms with Crippen molar-refractivity contribution in [2.75, 3.05) is 0 Å². The second kappa shape index (κ2) is 8.24. The van der Waals surface area contributed by atoms with E-state index in [0.717, 1.165) is 27.1 Å². The molecule has 0 saturated heterocycles. The highest BCUT2D eigenvalue weighted by atomic mass is 32.1. The largest absolute Gasteiger partial charge is 0.459 e. The van der Waals surface area contributed by atoms with Gasteiger partial charge in [0.15, 0.2) is 0 Å². The topological polar surface area (TPSA) is 61.2 Å². The lowest BCUT2D eigenvalue weighted by Gasteiger charge is -2.14. The Hall–Kier alpha value is -3.25. The monoisotopic (exact) mass is 418 g/mol. The summed E-state index contributed by atoms with van der Waals surface area (Å²) in [5, 5.41) is 0.548. The van der Waals surface area contributed by atoms with Crippen molar-refractivity contribution in [3.05, 3.63) is 87.3 Å². The van der Waals surface area contributed by atoms with E-state index in [1.54, 1.807) is 6.92 Å². The highest BCUT2D eigenvalue weighted by Gasteiger charge is 2.22. The molecule has 30 heavy (non-hydrogen) atoms. The number of thiophene rings is 1. The average molecular weight is 419 g/mol. The third kappa shape index (κ3) is 3.78. The number of hydrogen-bond donors (Lipinski definition) is 0. The zero-order valence-corrected chi connectivity index (χ0v) is 17.9. The molecule has 0 aliphatic rings. The summed E-state index contributed by atoms with van der Waals surface area (Å²) in [6.07, 6.45) is 1.44. The Labute approximate surface area is 178 Å². The van der Waals surface area contributed by atoms with Crippen LogP contribution in [0.15, 0.2) is 65.7 Å². The lowest BCUT2D eigenvalue weighted by molar-refractivity contribution is -0.148. The van der Waals surface area contributed by atoms with Crippen molar-refractivity contribution in [2.45, 2.75) is 33.4 Å². The molecule has 0 saturated carbocycles. The van der Waals surface area contributed by atoms with Gasteiger partial charge in [-0.3, -0.25) is 9.36 Å². The van der Waals surface area contributed by atoms with Crippen molar-refractivity contribution in [2.24, 2.45) is 0 Å². The maximum Gasteiger partial charge on any atom is 0.329 e. The molecule has 0 radical (unpaired) electrons. The van der Waals surface area contributed by atoms with Crippen LogP contribution in [0.25, 0.3) is 21.3 Å². The first-order valence-electron chi connectivity index (χ1n) is 9.73. The molecule has 2 aromatic heterocycles. The van der Waals surface area contributed by atoms with E-state index in [9.17, 15) is 9.59 Å². The number of fused-ring (bicyclic) bond motifs is 1. The number of aromatic nitrogens is 2. The van der Waals surface area contributed by atoms with Crippen LogP contribution in [-0.4, -0.2) is 15.5 Å². The molecule has 0 aliphatic carbocycles. The number of ether oxygens (including phenoxy) is 1. The van der Waals surface area contributed by atoms with Gasteiger partial charge in [0, 0.05) is 10.4 Å². The molecule has 2 aromatic carbocycles. The summed E-state index contributed by atoms with van der Waals surface area (Å²) in [7, 11) is 0. The van der Waals surface area contributed by atoms with Crippen molar-refractivity contribution in [3.63, 3.8) is 0 Å². The van der Waals surface area contributed by atoms with Crippen LogP contribution in [0, 0.1) is 13.8 Å². The number of carbonyl (C=O) groups is 1. The molecule has 4 rings (SSSR count). The molecule has 0 aliphatic heterocycles. The summed E-state index contributed by atoms with van der Waals surface area (Å²) in [4.78, 5) is 32.1. The predicted molar refractivity (Wildman–Crippen MR) is 120 cm³/mol. The van der Waals surface area contributed by atoms with Crippen molar-refractivity contribution in [1.82, 2.24) is 9.55 Å². The van der Waals surface area contributed by atoms with Gasteiger partial charge in [0.1, 0.15) is 17.5 Å². The smallest absolute Gasteiger partial charge is 0.329 e. The van der Waals surface area contributed by atoms with Crippen molar-refractivity contribution < 1.29 is 9.53 Å². The number of rotatable bonds is 5. The van der Waals surface area contributed by atoms with Gasteiger partial charge < -0.3 is 4.74 Å². The molecular weight excluding hydrogens is 396 g/mol. The molecule has 152 valence electrons. The van der Waals surface area contributed by atoms with Gasteiger partial charge in [-0.1, -0.05) is 60.2 Å². The Kier molecular flexibility index (Phi) is 5.50. The summed E-state index contributed by atoms with van der Waals surface area (Å²) >= 11 is 1.49. The van der Waals surface area contributed by atoms with Crippen molar-refractivity contribution in [1.29, 1.82) is 0 Å². The first kappa shape index (κ1) is 20.0. The van der Waals surface area contributed by atoms with Gasteiger partial charge in [0.25, 0.3) is 5.56 Å². The Morgan fingerprint density at radius 3 is 2.50 bits per heavy atom. The lowest BCUT2D eigenvalue weighted by atomic mass is 10.0. The fourth-order valence-electron chi connectivity index (χ4n) is 3.42. The molecule has 6 heteroatoms. The summed E-state index contributed by atoms with van der Waals surface area (Å²) in [5.74, 6) is -0.467. The van der Waals surface area contributed by atoms with Gasteiger partial charge >= 0.3 is 5.97 Å². The van der Waals surface area contributed by atoms with Crippen LogP contribution in [0.5, 0.6) is 0 Å². The molecule has 0 spiro atoms. The first-order valence-corrected chi connectivity index (χ1v) is 10.5. The quantitative estimate of drug-likeness (QED) is 0.426. The van der Waals surface area contributed by atoms with Gasteiger partial charge in [-0.05, 0) is 31.9 Å². The van der Waals surface area contributed by atoms with E-state index in [1.165, 1.54) is 22.2 Å². The summed E-state index contributed by atoms with van der Waals surface area (Å²) in [6, 6.07) is 16.8. The van der Waals surface area contributed by atoms with E-state index in [-0.39, 0.29) is 12.2 Å². The lowest BCUT2D eigenvalue weighted by Crippen LogP contribution is -2.29. The van der Waals surface area contributed by atoms with E-state index >= 15 is 0 Å². The number of benzene rings is 2. The second-order valence-corrected chi connectivity index (χ2v) is 8.51. The SMILES string of the molecule is Cc1ccc(-c2c(C)sc3ncn([C@H](C)C(=O)OCc4ccccc4)c(=O)c23)cc1. The summed E-state index contributed by atoms with van der Waals surface area (Å²) < 4.78 is 6.78. The summed E-state index contributed by atoms with van der Waals surface area (Å²) in [6.45, 7) is 5.84. The number of aryl methyl sites for hydroxylation is 2. The zero-order chi connectivity index (χ0) is 21.3. The highest BCUT2D eigenvalue weighted by molar-refractivity contribution is 7.19. The number of hydrogen-bond acceptors (Lipinski definition) is 5. The Morgan fingerprint density at radius 2 is 1.80 bits per heavy atom. The van der Waals surface area contributed by atoms with E-state index in [2.05, 4.69) is 4.98 Å². The van der Waals surface area contributed by atoms with Crippen LogP contribution in [-0.2, 0) is 16.1 Å². The standard InChI is InChI=1S/C24H22N2O3S/c1-15-9-11-19(12-10-15)20-17(3)30-22-21(20)23(27)26(14-25-22)16(2)24(28)29-13-18-7-5-4-6-8-18/h4-12,14,16H,13H2,1-3H3/t16-/m1/s1. The van der Waals surface area contributed by atoms with Gasteiger partial charge in [-0.25, -0.2) is 9.78 Å². The molecule has 0 N–H and O–H groups in total. The zero-order valence-electron chi connectivity index (χ0n) is 17.1. The minimum atomic E-state index is -0.774. The van der Waals surface area contributed by atoms with Gasteiger partial charge in [-0.15, -0.1) is 11.3 Å². The minimum absolute atomic E-state index is 0.167. The Balaban J connectivity index is 1.69. The van der Waals surface area contributed by atoms with E-state index in [4.69, 9.17) is 4.74 Å². The fourth-order valence-corrected chi connectivity index (χ4v) is 4.43. The highest BCUT2D eigenvalue weighted by Crippen LogP contribution is 2.35. The predicted octanol–water partition coefficient (Wildman–Crippen LogP) is 5.05. The van der Waals surface area contributed by atoms with Crippen molar-refractivity contribution >= 4 is 27.5 Å². The Bertz CT molecular complexity index is 1260. The Morgan fingerprint density at radius 1 is 1.10 bits per heavy atom. The third-order valence-electron chi connectivity index (χ3n) is 5.14. The number of nitrogens with zero attached hydrogens (tertiary/aromatic N) is 2. The van der Waals surface area contributed by atoms with Crippen LogP contribution < -0.4 is 5.56 Å². The molecular formula is C24H22N2O3S. The van der Waals surface area contributed by atoms with Crippen LogP contribution in [0.1, 0.15) is 29.0 Å². The molecule has 4 aromatic rings.